The van der Waals surface area contributed by atoms with E-state index in [4.69, 9.17) is 9.47 Å². The number of methoxy groups -OCH3 is 2. The van der Waals surface area contributed by atoms with Crippen molar-refractivity contribution in [3.63, 3.8) is 0 Å². The van der Waals surface area contributed by atoms with Crippen LogP contribution in [0.3, 0.4) is 0 Å². The number of benzene rings is 1. The van der Waals surface area contributed by atoms with Crippen LogP contribution in [-0.2, 0) is 11.2 Å². The van der Waals surface area contributed by atoms with Crippen LogP contribution < -0.4 is 14.8 Å². The number of amides is 1. The molecule has 1 rings (SSSR count). The Balaban J connectivity index is 3.11. The molecule has 0 saturated heterocycles. The molecule has 0 aliphatic rings. The van der Waals surface area contributed by atoms with Crippen molar-refractivity contribution in [2.45, 2.75) is 13.3 Å². The molecule has 18 heavy (non-hydrogen) atoms. The van der Waals surface area contributed by atoms with E-state index in [0.29, 0.717) is 36.4 Å². The molecule has 1 aromatic rings. The molecule has 5 nitrogen and oxygen atoms in total. The maximum atomic E-state index is 11.6. The van der Waals surface area contributed by atoms with Gasteiger partial charge in [-0.05, 0) is 31.0 Å². The van der Waals surface area contributed by atoms with E-state index in [2.05, 4.69) is 5.32 Å². The lowest BCUT2D eigenvalue weighted by Crippen LogP contribution is -2.16. The summed E-state index contributed by atoms with van der Waals surface area (Å²) < 4.78 is 10.4. The summed E-state index contributed by atoms with van der Waals surface area (Å²) in [7, 11) is 3.06. The highest BCUT2D eigenvalue weighted by Crippen LogP contribution is 2.31. The first-order valence-electron chi connectivity index (χ1n) is 5.57. The lowest BCUT2D eigenvalue weighted by molar-refractivity contribution is -0.109. The number of hydrogen-bond acceptors (Lipinski definition) is 4. The molecule has 0 atom stereocenters. The summed E-state index contributed by atoms with van der Waals surface area (Å²) in [4.78, 5) is 21.8. The van der Waals surface area contributed by atoms with Crippen LogP contribution in [0.25, 0.3) is 0 Å². The van der Waals surface area contributed by atoms with E-state index < -0.39 is 0 Å². The van der Waals surface area contributed by atoms with Gasteiger partial charge >= 0.3 is 0 Å². The van der Waals surface area contributed by atoms with E-state index in [1.165, 1.54) is 14.0 Å². The van der Waals surface area contributed by atoms with Crippen LogP contribution in [0.15, 0.2) is 12.1 Å². The maximum absolute atomic E-state index is 11.6. The van der Waals surface area contributed by atoms with Crippen molar-refractivity contribution >= 4 is 12.2 Å². The van der Waals surface area contributed by atoms with Gasteiger partial charge in [0.25, 0.3) is 0 Å². The van der Waals surface area contributed by atoms with Crippen LogP contribution in [0.5, 0.6) is 11.5 Å². The number of ketones is 1. The summed E-state index contributed by atoms with van der Waals surface area (Å²) in [6, 6.07) is 3.43. The van der Waals surface area contributed by atoms with Crippen molar-refractivity contribution in [3.8, 4) is 11.5 Å². The number of rotatable bonds is 7. The Kier molecular flexibility index (Phi) is 5.17. The van der Waals surface area contributed by atoms with E-state index in [1.807, 2.05) is 0 Å². The molecule has 0 radical (unpaired) electrons. The molecule has 0 spiro atoms. The Labute approximate surface area is 106 Å². The fraction of sp³-hybridized carbons (Fsp3) is 0.385. The first-order chi connectivity index (χ1) is 8.63. The van der Waals surface area contributed by atoms with E-state index >= 15 is 0 Å². The molecule has 1 aromatic carbocycles. The summed E-state index contributed by atoms with van der Waals surface area (Å²) in [5.41, 5.74) is 1.41. The summed E-state index contributed by atoms with van der Waals surface area (Å²) in [5.74, 6) is 1.05. The first-order valence-corrected chi connectivity index (χ1v) is 5.57. The second-order valence-electron chi connectivity index (χ2n) is 3.74. The zero-order valence-electron chi connectivity index (χ0n) is 10.8. The van der Waals surface area contributed by atoms with E-state index in [1.54, 1.807) is 19.2 Å². The molecule has 5 heteroatoms. The molecular formula is C13H17NO4. The predicted molar refractivity (Wildman–Crippen MR) is 67.3 cm³/mol. The Hall–Kier alpha value is -2.04. The van der Waals surface area contributed by atoms with Gasteiger partial charge in [-0.3, -0.25) is 9.59 Å². The van der Waals surface area contributed by atoms with Gasteiger partial charge in [-0.25, -0.2) is 0 Å². The standard InChI is InChI=1S/C13H17NO4/c1-9(16)11-7-13(18-3)12(17-2)6-10(11)4-5-14-8-15/h6-8H,4-5H2,1-3H3,(H,14,15). The number of ether oxygens (including phenoxy) is 2. The average molecular weight is 251 g/mol. The third kappa shape index (κ3) is 3.23. The Morgan fingerprint density at radius 3 is 2.39 bits per heavy atom. The smallest absolute Gasteiger partial charge is 0.207 e. The minimum absolute atomic E-state index is 0.0444. The van der Waals surface area contributed by atoms with Gasteiger partial charge in [0.2, 0.25) is 6.41 Å². The quantitative estimate of drug-likeness (QED) is 0.449. The lowest BCUT2D eigenvalue weighted by atomic mass is 10.0. The van der Waals surface area contributed by atoms with E-state index in [9.17, 15) is 9.59 Å². The third-order valence-corrected chi connectivity index (χ3v) is 2.61. The zero-order valence-corrected chi connectivity index (χ0v) is 10.8. The van der Waals surface area contributed by atoms with E-state index in [-0.39, 0.29) is 5.78 Å². The monoisotopic (exact) mass is 251 g/mol. The van der Waals surface area contributed by atoms with Crippen molar-refractivity contribution in [2.75, 3.05) is 20.8 Å². The summed E-state index contributed by atoms with van der Waals surface area (Å²) in [5, 5.41) is 2.57. The highest BCUT2D eigenvalue weighted by molar-refractivity contribution is 5.96. The first kappa shape index (κ1) is 14.0. The number of hydrogen-bond donors (Lipinski definition) is 1. The number of carbonyl (C=O) groups excluding carboxylic acids is 2. The van der Waals surface area contributed by atoms with Gasteiger partial charge in [-0.15, -0.1) is 0 Å². The topological polar surface area (TPSA) is 64.6 Å². The molecule has 0 unspecified atom stereocenters. The molecule has 1 N–H and O–H groups in total. The zero-order chi connectivity index (χ0) is 13.5. The summed E-state index contributed by atoms with van der Waals surface area (Å²) in [6.07, 6.45) is 1.20. The van der Waals surface area contributed by atoms with Crippen LogP contribution in [0.1, 0.15) is 22.8 Å². The minimum atomic E-state index is -0.0444. The van der Waals surface area contributed by atoms with Crippen LogP contribution in [0.2, 0.25) is 0 Å². The number of carbonyl (C=O) groups is 2. The summed E-state index contributed by atoms with van der Waals surface area (Å²) >= 11 is 0. The van der Waals surface area contributed by atoms with Crippen molar-refractivity contribution in [1.82, 2.24) is 5.32 Å². The van der Waals surface area contributed by atoms with Gasteiger partial charge in [-0.2, -0.15) is 0 Å². The molecule has 0 aromatic heterocycles. The van der Waals surface area contributed by atoms with Gasteiger partial charge < -0.3 is 14.8 Å². The third-order valence-electron chi connectivity index (χ3n) is 2.61. The normalized spacial score (nSPS) is 9.72. The molecular weight excluding hydrogens is 234 g/mol. The second-order valence-corrected chi connectivity index (χ2v) is 3.74. The highest BCUT2D eigenvalue weighted by Gasteiger charge is 2.13. The van der Waals surface area contributed by atoms with Crippen molar-refractivity contribution in [1.29, 1.82) is 0 Å². The molecule has 0 bridgehead atoms. The number of Topliss-reactive ketones (excluding diaryl/α,β-unsaturated/α-hetero) is 1. The Morgan fingerprint density at radius 1 is 1.28 bits per heavy atom. The summed E-state index contributed by atoms with van der Waals surface area (Å²) in [6.45, 7) is 1.97. The van der Waals surface area contributed by atoms with Crippen LogP contribution >= 0.6 is 0 Å². The molecule has 0 saturated carbocycles. The minimum Gasteiger partial charge on any atom is -0.493 e. The Morgan fingerprint density at radius 2 is 1.89 bits per heavy atom. The molecule has 0 heterocycles. The number of nitrogens with one attached hydrogen (secondary N) is 1. The average Bonchev–Trinajstić information content (AvgIpc) is 2.38. The molecule has 0 fully saturated rings. The van der Waals surface area contributed by atoms with Crippen molar-refractivity contribution < 1.29 is 19.1 Å². The maximum Gasteiger partial charge on any atom is 0.207 e. The molecule has 98 valence electrons. The van der Waals surface area contributed by atoms with Gasteiger partial charge in [-0.1, -0.05) is 0 Å². The van der Waals surface area contributed by atoms with Gasteiger partial charge in [0, 0.05) is 12.1 Å². The van der Waals surface area contributed by atoms with Crippen molar-refractivity contribution in [2.24, 2.45) is 0 Å². The van der Waals surface area contributed by atoms with Crippen LogP contribution in [-0.4, -0.2) is 33.0 Å². The fourth-order valence-corrected chi connectivity index (χ4v) is 1.72. The second kappa shape index (κ2) is 6.64. The fourth-order valence-electron chi connectivity index (χ4n) is 1.72. The molecule has 0 aliphatic carbocycles. The Bertz CT molecular complexity index is 443. The lowest BCUT2D eigenvalue weighted by Gasteiger charge is -2.13. The van der Waals surface area contributed by atoms with Gasteiger partial charge in [0.1, 0.15) is 0 Å². The van der Waals surface area contributed by atoms with Gasteiger partial charge in [0.15, 0.2) is 17.3 Å². The van der Waals surface area contributed by atoms with Crippen LogP contribution in [0.4, 0.5) is 0 Å². The molecule has 1 amide bonds. The SMILES string of the molecule is COc1cc(CCNC=O)c(C(C)=O)cc1OC. The van der Waals surface area contributed by atoms with E-state index in [0.717, 1.165) is 5.56 Å². The largest absolute Gasteiger partial charge is 0.493 e. The predicted octanol–water partition coefficient (Wildman–Crippen LogP) is 1.19. The van der Waals surface area contributed by atoms with Gasteiger partial charge in [0.05, 0.1) is 14.2 Å². The van der Waals surface area contributed by atoms with Crippen LogP contribution in [0, 0.1) is 0 Å². The van der Waals surface area contributed by atoms with Crippen molar-refractivity contribution in [3.05, 3.63) is 23.3 Å². The highest BCUT2D eigenvalue weighted by atomic mass is 16.5. The molecule has 0 aliphatic heterocycles.